The zero-order valence-corrected chi connectivity index (χ0v) is 15.5. The summed E-state index contributed by atoms with van der Waals surface area (Å²) in [5, 5.41) is 0. The van der Waals surface area contributed by atoms with E-state index in [9.17, 15) is 4.79 Å². The van der Waals surface area contributed by atoms with Gasteiger partial charge in [-0.3, -0.25) is 4.79 Å². The van der Waals surface area contributed by atoms with E-state index in [1.54, 1.807) is 0 Å². The van der Waals surface area contributed by atoms with E-state index in [0.29, 0.717) is 19.8 Å². The molecule has 2 aliphatic rings. The molecule has 1 fully saturated rings. The second kappa shape index (κ2) is 7.65. The molecule has 0 spiro atoms. The summed E-state index contributed by atoms with van der Waals surface area (Å²) >= 11 is 0. The van der Waals surface area contributed by atoms with Crippen LogP contribution in [0.15, 0.2) is 18.2 Å². The second-order valence-corrected chi connectivity index (χ2v) is 7.76. The maximum absolute atomic E-state index is 12.3. The molecule has 0 saturated carbocycles. The minimum atomic E-state index is 0.0977. The molecule has 1 aromatic rings. The molecule has 25 heavy (non-hydrogen) atoms. The van der Waals surface area contributed by atoms with Gasteiger partial charge in [-0.15, -0.1) is 0 Å². The van der Waals surface area contributed by atoms with E-state index in [1.807, 2.05) is 24.8 Å². The van der Waals surface area contributed by atoms with Crippen LogP contribution in [0, 0.1) is 5.41 Å². The van der Waals surface area contributed by atoms with Crippen LogP contribution < -0.4 is 9.47 Å². The predicted molar refractivity (Wildman–Crippen MR) is 95.9 cm³/mol. The average Bonchev–Trinajstić information content (AvgIpc) is 3.02. The molecular formula is C20H29NO4. The fourth-order valence-electron chi connectivity index (χ4n) is 3.66. The zero-order chi connectivity index (χ0) is 17.9. The summed E-state index contributed by atoms with van der Waals surface area (Å²) < 4.78 is 16.5. The number of carbonyl (C=O) groups is 1. The summed E-state index contributed by atoms with van der Waals surface area (Å²) in [7, 11) is 0. The highest BCUT2D eigenvalue weighted by Gasteiger charge is 2.35. The van der Waals surface area contributed by atoms with Crippen molar-refractivity contribution in [2.24, 2.45) is 5.41 Å². The molecule has 138 valence electrons. The summed E-state index contributed by atoms with van der Waals surface area (Å²) in [4.78, 5) is 14.3. The molecule has 0 N–H and O–H groups in total. The molecule has 0 aliphatic carbocycles. The van der Waals surface area contributed by atoms with Crippen molar-refractivity contribution < 1.29 is 19.0 Å². The third kappa shape index (κ3) is 4.66. The third-order valence-electron chi connectivity index (χ3n) is 4.96. The largest absolute Gasteiger partial charge is 0.454 e. The lowest BCUT2D eigenvalue weighted by Crippen LogP contribution is -2.46. The van der Waals surface area contributed by atoms with Crippen LogP contribution in [0.5, 0.6) is 11.5 Å². The van der Waals surface area contributed by atoms with Gasteiger partial charge in [0.1, 0.15) is 0 Å². The van der Waals surface area contributed by atoms with Crippen LogP contribution in [0.1, 0.15) is 45.6 Å². The van der Waals surface area contributed by atoms with Crippen LogP contribution in [0.3, 0.4) is 0 Å². The molecule has 1 aromatic carbocycles. The van der Waals surface area contributed by atoms with Crippen molar-refractivity contribution >= 4 is 5.91 Å². The Balaban J connectivity index is 1.58. The van der Waals surface area contributed by atoms with Crippen LogP contribution in [-0.4, -0.2) is 43.4 Å². The standard InChI is InChI=1S/C20H29NO4/c1-15(2)23-10-4-9-21-13-20(3,8-7-19(21)22)12-16-5-6-17-18(11-16)25-14-24-17/h5-6,11,15H,4,7-10,12-14H2,1-3H3. The summed E-state index contributed by atoms with van der Waals surface area (Å²) in [5.41, 5.74) is 1.34. The van der Waals surface area contributed by atoms with Crippen LogP contribution in [0.4, 0.5) is 0 Å². The number of piperidine rings is 1. The highest BCUT2D eigenvalue weighted by Crippen LogP contribution is 2.37. The lowest BCUT2D eigenvalue weighted by atomic mass is 9.76. The Labute approximate surface area is 150 Å². The first-order valence-electron chi connectivity index (χ1n) is 9.23. The summed E-state index contributed by atoms with van der Waals surface area (Å²) in [5.74, 6) is 1.92. The van der Waals surface area contributed by atoms with E-state index >= 15 is 0 Å². The van der Waals surface area contributed by atoms with Crippen LogP contribution >= 0.6 is 0 Å². The van der Waals surface area contributed by atoms with E-state index in [0.717, 1.165) is 43.9 Å². The highest BCUT2D eigenvalue weighted by atomic mass is 16.7. The van der Waals surface area contributed by atoms with Crippen molar-refractivity contribution in [1.82, 2.24) is 4.90 Å². The van der Waals surface area contributed by atoms with Gasteiger partial charge in [-0.05, 0) is 56.2 Å². The molecule has 2 aliphatic heterocycles. The van der Waals surface area contributed by atoms with Crippen molar-refractivity contribution in [3.05, 3.63) is 23.8 Å². The van der Waals surface area contributed by atoms with Crippen molar-refractivity contribution in [3.63, 3.8) is 0 Å². The van der Waals surface area contributed by atoms with Gasteiger partial charge in [0.05, 0.1) is 6.10 Å². The first-order chi connectivity index (χ1) is 12.0. The van der Waals surface area contributed by atoms with Crippen molar-refractivity contribution in [3.8, 4) is 11.5 Å². The number of fused-ring (bicyclic) bond motifs is 1. The molecule has 1 saturated heterocycles. The molecule has 0 bridgehead atoms. The molecule has 0 aromatic heterocycles. The molecule has 1 amide bonds. The fraction of sp³-hybridized carbons (Fsp3) is 0.650. The van der Waals surface area contributed by atoms with Crippen molar-refractivity contribution in [2.45, 2.75) is 52.6 Å². The number of carbonyl (C=O) groups excluding carboxylic acids is 1. The lowest BCUT2D eigenvalue weighted by Gasteiger charge is -2.40. The van der Waals surface area contributed by atoms with Gasteiger partial charge >= 0.3 is 0 Å². The number of hydrogen-bond donors (Lipinski definition) is 0. The molecular weight excluding hydrogens is 318 g/mol. The molecule has 3 rings (SSSR count). The van der Waals surface area contributed by atoms with E-state index < -0.39 is 0 Å². The van der Waals surface area contributed by atoms with Crippen molar-refractivity contribution in [2.75, 3.05) is 26.5 Å². The molecule has 5 heteroatoms. The second-order valence-electron chi connectivity index (χ2n) is 7.76. The normalized spacial score (nSPS) is 22.7. The Morgan fingerprint density at radius 3 is 2.88 bits per heavy atom. The first kappa shape index (κ1) is 18.1. The molecule has 5 nitrogen and oxygen atoms in total. The number of benzene rings is 1. The number of rotatable bonds is 7. The van der Waals surface area contributed by atoms with Gasteiger partial charge < -0.3 is 19.1 Å². The SMILES string of the molecule is CC(C)OCCCN1CC(C)(Cc2ccc3c(c2)OCO3)CCC1=O. The van der Waals surface area contributed by atoms with Gasteiger partial charge in [0.2, 0.25) is 12.7 Å². The Bertz CT molecular complexity index is 616. The Hall–Kier alpha value is -1.75. The third-order valence-corrected chi connectivity index (χ3v) is 4.96. The lowest BCUT2D eigenvalue weighted by molar-refractivity contribution is -0.137. The Morgan fingerprint density at radius 2 is 2.08 bits per heavy atom. The maximum atomic E-state index is 12.3. The number of nitrogens with zero attached hydrogens (tertiary/aromatic N) is 1. The quantitative estimate of drug-likeness (QED) is 0.709. The van der Waals surface area contributed by atoms with Gasteiger partial charge in [-0.1, -0.05) is 13.0 Å². The Morgan fingerprint density at radius 1 is 1.28 bits per heavy atom. The smallest absolute Gasteiger partial charge is 0.231 e. The van der Waals surface area contributed by atoms with E-state index in [2.05, 4.69) is 19.1 Å². The first-order valence-corrected chi connectivity index (χ1v) is 9.23. The number of likely N-dealkylation sites (tertiary alicyclic amines) is 1. The average molecular weight is 347 g/mol. The molecule has 1 unspecified atom stereocenters. The van der Waals surface area contributed by atoms with E-state index in [-0.39, 0.29) is 17.4 Å². The maximum Gasteiger partial charge on any atom is 0.231 e. The molecule has 0 radical (unpaired) electrons. The molecule has 2 heterocycles. The van der Waals surface area contributed by atoms with Gasteiger partial charge in [0.25, 0.3) is 0 Å². The van der Waals surface area contributed by atoms with Crippen LogP contribution in [-0.2, 0) is 16.0 Å². The number of hydrogen-bond acceptors (Lipinski definition) is 4. The monoisotopic (exact) mass is 347 g/mol. The fourth-order valence-corrected chi connectivity index (χ4v) is 3.66. The minimum absolute atomic E-state index is 0.0977. The summed E-state index contributed by atoms with van der Waals surface area (Å²) in [6.07, 6.45) is 3.64. The van der Waals surface area contributed by atoms with Gasteiger partial charge in [0, 0.05) is 26.1 Å². The van der Waals surface area contributed by atoms with Gasteiger partial charge in [-0.25, -0.2) is 0 Å². The van der Waals surface area contributed by atoms with Crippen molar-refractivity contribution in [1.29, 1.82) is 0 Å². The summed E-state index contributed by atoms with van der Waals surface area (Å²) in [6.45, 7) is 8.95. The van der Waals surface area contributed by atoms with E-state index in [1.165, 1.54) is 5.56 Å². The number of ether oxygens (including phenoxy) is 3. The van der Waals surface area contributed by atoms with E-state index in [4.69, 9.17) is 14.2 Å². The minimum Gasteiger partial charge on any atom is -0.454 e. The summed E-state index contributed by atoms with van der Waals surface area (Å²) in [6, 6.07) is 6.16. The van der Waals surface area contributed by atoms with Gasteiger partial charge in [-0.2, -0.15) is 0 Å². The number of amides is 1. The highest BCUT2D eigenvalue weighted by molar-refractivity contribution is 5.77. The predicted octanol–water partition coefficient (Wildman–Crippen LogP) is 3.40. The topological polar surface area (TPSA) is 48.0 Å². The molecule has 1 atom stereocenters. The van der Waals surface area contributed by atoms with Gasteiger partial charge in [0.15, 0.2) is 11.5 Å². The Kier molecular flexibility index (Phi) is 5.52. The zero-order valence-electron chi connectivity index (χ0n) is 15.5. The van der Waals surface area contributed by atoms with Crippen LogP contribution in [0.25, 0.3) is 0 Å². The van der Waals surface area contributed by atoms with Crippen LogP contribution in [0.2, 0.25) is 0 Å².